The molecule has 0 aromatic heterocycles. The van der Waals surface area contributed by atoms with Crippen molar-refractivity contribution in [2.75, 3.05) is 6.61 Å². The van der Waals surface area contributed by atoms with E-state index in [4.69, 9.17) is 16.3 Å². The molecule has 0 saturated heterocycles. The Labute approximate surface area is 99.2 Å². The van der Waals surface area contributed by atoms with Crippen LogP contribution >= 0.6 is 11.6 Å². The molecule has 1 heterocycles. The van der Waals surface area contributed by atoms with Gasteiger partial charge >= 0.3 is 0 Å². The van der Waals surface area contributed by atoms with E-state index in [1.165, 1.54) is 5.54 Å². The molecular weight excluding hydrogens is 224 g/mol. The highest BCUT2D eigenvalue weighted by atomic mass is 35.5. The topological polar surface area (TPSA) is 26.3 Å². The van der Waals surface area contributed by atoms with Crippen molar-refractivity contribution >= 4 is 24.0 Å². The van der Waals surface area contributed by atoms with Crippen LogP contribution in [0.2, 0.25) is 0 Å². The van der Waals surface area contributed by atoms with Gasteiger partial charge in [-0.05, 0) is 17.7 Å². The van der Waals surface area contributed by atoms with Crippen LogP contribution in [0.25, 0.3) is 6.08 Å². The van der Waals surface area contributed by atoms with Gasteiger partial charge in [0.25, 0.3) is 0 Å². The lowest BCUT2D eigenvalue weighted by molar-refractivity contribution is -0.107. The van der Waals surface area contributed by atoms with Crippen LogP contribution in [-0.2, 0) is 11.2 Å². The Morgan fingerprint density at radius 2 is 2.25 bits per heavy atom. The summed E-state index contributed by atoms with van der Waals surface area (Å²) in [6.45, 7) is 0.472. The Hall–Kier alpha value is -1.54. The van der Waals surface area contributed by atoms with Gasteiger partial charge in [0.1, 0.15) is 18.6 Å². The minimum absolute atomic E-state index is 0.430. The van der Waals surface area contributed by atoms with Crippen molar-refractivity contribution in [1.82, 2.24) is 0 Å². The van der Waals surface area contributed by atoms with Gasteiger partial charge in [0, 0.05) is 23.1 Å². The molecule has 0 fully saturated rings. The van der Waals surface area contributed by atoms with E-state index in [0.717, 1.165) is 28.7 Å². The zero-order valence-electron chi connectivity index (χ0n) is 8.65. The molecule has 2 nitrogen and oxygen atoms in total. The molecule has 0 N–H and O–H groups in total. The summed E-state index contributed by atoms with van der Waals surface area (Å²) < 4.78 is 5.58. The molecule has 1 aliphatic rings. The van der Waals surface area contributed by atoms with E-state index in [0.29, 0.717) is 13.0 Å². The third-order valence-corrected chi connectivity index (χ3v) is 2.68. The maximum atomic E-state index is 10.4. The molecule has 0 radical (unpaired) electrons. The lowest BCUT2D eigenvalue weighted by atomic mass is 10.1. The smallest absolute Gasteiger partial charge is 0.127 e. The number of fused-ring (bicyclic) bond motifs is 1. The van der Waals surface area contributed by atoms with Crippen LogP contribution in [0.4, 0.5) is 0 Å². The summed E-state index contributed by atoms with van der Waals surface area (Å²) in [5, 5.41) is 0. The van der Waals surface area contributed by atoms with Crippen molar-refractivity contribution in [3.63, 3.8) is 0 Å². The number of rotatable bonds is 2. The summed E-state index contributed by atoms with van der Waals surface area (Å²) in [5.41, 5.74) is 4.40. The van der Waals surface area contributed by atoms with Gasteiger partial charge in [-0.3, -0.25) is 0 Å². The molecule has 0 spiro atoms. The zero-order chi connectivity index (χ0) is 11.4. The van der Waals surface area contributed by atoms with Crippen molar-refractivity contribution in [2.45, 2.75) is 6.42 Å². The van der Waals surface area contributed by atoms with Crippen molar-refractivity contribution in [3.05, 3.63) is 46.5 Å². The quantitative estimate of drug-likeness (QED) is 0.736. The minimum Gasteiger partial charge on any atom is -0.488 e. The van der Waals surface area contributed by atoms with E-state index >= 15 is 0 Å². The fourth-order valence-electron chi connectivity index (χ4n) is 1.56. The molecule has 2 rings (SSSR count). The van der Waals surface area contributed by atoms with Gasteiger partial charge in [0.15, 0.2) is 0 Å². The predicted octanol–water partition coefficient (Wildman–Crippen LogP) is 2.96. The van der Waals surface area contributed by atoms with E-state index in [1.807, 2.05) is 30.4 Å². The summed E-state index contributed by atoms with van der Waals surface area (Å²) in [7, 11) is 0. The fraction of sp³-hybridized carbons (Fsp3) is 0.154. The van der Waals surface area contributed by atoms with Crippen molar-refractivity contribution in [3.8, 4) is 5.75 Å². The molecule has 16 heavy (non-hydrogen) atoms. The molecule has 0 unspecified atom stereocenters. The third kappa shape index (κ3) is 2.34. The SMILES string of the molecule is O=CCc1ccc2c(c1)C=CC(=CCl)CO2. The van der Waals surface area contributed by atoms with Gasteiger partial charge < -0.3 is 9.53 Å². The second kappa shape index (κ2) is 4.99. The normalized spacial score (nSPS) is 16.4. The number of carbonyl (C=O) groups is 1. The first-order valence-corrected chi connectivity index (χ1v) is 5.44. The number of ether oxygens (including phenoxy) is 1. The Kier molecular flexibility index (Phi) is 3.42. The first kappa shape index (κ1) is 11.0. The van der Waals surface area contributed by atoms with Crippen LogP contribution in [0.5, 0.6) is 5.75 Å². The molecule has 3 heteroatoms. The highest BCUT2D eigenvalue weighted by Crippen LogP contribution is 2.25. The van der Waals surface area contributed by atoms with E-state index in [2.05, 4.69) is 0 Å². The van der Waals surface area contributed by atoms with Crippen LogP contribution in [-0.4, -0.2) is 12.9 Å². The highest BCUT2D eigenvalue weighted by Gasteiger charge is 2.07. The molecule has 1 aromatic carbocycles. The minimum atomic E-state index is 0.430. The Morgan fingerprint density at radius 3 is 3.00 bits per heavy atom. The summed E-state index contributed by atoms with van der Waals surface area (Å²) in [4.78, 5) is 10.4. The summed E-state index contributed by atoms with van der Waals surface area (Å²) in [6, 6.07) is 5.74. The zero-order valence-corrected chi connectivity index (χ0v) is 9.41. The lowest BCUT2D eigenvalue weighted by Crippen LogP contribution is -1.98. The van der Waals surface area contributed by atoms with Crippen molar-refractivity contribution < 1.29 is 9.53 Å². The first-order valence-electron chi connectivity index (χ1n) is 5.00. The van der Waals surface area contributed by atoms with Gasteiger partial charge in [-0.15, -0.1) is 0 Å². The number of hydrogen-bond acceptors (Lipinski definition) is 2. The number of carbonyl (C=O) groups excluding carboxylic acids is 1. The second-order valence-corrected chi connectivity index (χ2v) is 3.77. The van der Waals surface area contributed by atoms with Crippen LogP contribution in [0.15, 0.2) is 35.4 Å². The van der Waals surface area contributed by atoms with Crippen molar-refractivity contribution in [1.29, 1.82) is 0 Å². The maximum absolute atomic E-state index is 10.4. The Morgan fingerprint density at radius 1 is 1.38 bits per heavy atom. The molecule has 82 valence electrons. The van der Waals surface area contributed by atoms with Crippen LogP contribution in [0, 0.1) is 0 Å². The second-order valence-electron chi connectivity index (χ2n) is 3.55. The molecule has 0 saturated carbocycles. The third-order valence-electron chi connectivity index (χ3n) is 2.40. The monoisotopic (exact) mass is 234 g/mol. The number of benzene rings is 1. The standard InChI is InChI=1S/C13H11ClO2/c14-8-11-1-3-12-7-10(5-6-15)2-4-13(12)16-9-11/h1-4,6-8H,5,9H2. The van der Waals surface area contributed by atoms with Crippen LogP contribution in [0.1, 0.15) is 11.1 Å². The van der Waals surface area contributed by atoms with E-state index < -0.39 is 0 Å². The average Bonchev–Trinajstić information content (AvgIpc) is 2.51. The molecule has 0 amide bonds. The Balaban J connectivity index is 2.35. The fourth-order valence-corrected chi connectivity index (χ4v) is 1.69. The summed E-state index contributed by atoms with van der Waals surface area (Å²) in [6.07, 6.45) is 5.20. The number of hydrogen-bond donors (Lipinski definition) is 0. The van der Waals surface area contributed by atoms with Crippen LogP contribution < -0.4 is 4.74 Å². The highest BCUT2D eigenvalue weighted by molar-refractivity contribution is 6.25. The predicted molar refractivity (Wildman–Crippen MR) is 64.7 cm³/mol. The van der Waals surface area contributed by atoms with Gasteiger partial charge in [-0.1, -0.05) is 29.8 Å². The summed E-state index contributed by atoms with van der Waals surface area (Å²) in [5.74, 6) is 0.819. The maximum Gasteiger partial charge on any atom is 0.127 e. The Bertz CT molecular complexity index is 461. The van der Waals surface area contributed by atoms with E-state index in [-0.39, 0.29) is 0 Å². The van der Waals surface area contributed by atoms with Gasteiger partial charge in [-0.2, -0.15) is 0 Å². The number of aldehydes is 1. The van der Waals surface area contributed by atoms with Crippen LogP contribution in [0.3, 0.4) is 0 Å². The van der Waals surface area contributed by atoms with Crippen molar-refractivity contribution in [2.24, 2.45) is 0 Å². The average molecular weight is 235 g/mol. The molecule has 0 aliphatic carbocycles. The van der Waals surface area contributed by atoms with Gasteiger partial charge in [0.2, 0.25) is 0 Å². The molecular formula is C13H11ClO2. The lowest BCUT2D eigenvalue weighted by Gasteiger charge is -2.07. The first-order chi connectivity index (χ1) is 7.83. The number of halogens is 1. The summed E-state index contributed by atoms with van der Waals surface area (Å²) >= 11 is 5.64. The van der Waals surface area contributed by atoms with Gasteiger partial charge in [0.05, 0.1) is 0 Å². The van der Waals surface area contributed by atoms with E-state index in [9.17, 15) is 4.79 Å². The largest absolute Gasteiger partial charge is 0.488 e. The van der Waals surface area contributed by atoms with E-state index in [1.54, 1.807) is 0 Å². The molecule has 1 aromatic rings. The van der Waals surface area contributed by atoms with Gasteiger partial charge in [-0.25, -0.2) is 0 Å². The molecule has 1 aliphatic heterocycles. The molecule has 0 bridgehead atoms. The molecule has 0 atom stereocenters.